The van der Waals surface area contributed by atoms with E-state index in [2.05, 4.69) is 39.8 Å². The molecule has 2 atom stereocenters. The van der Waals surface area contributed by atoms with Crippen LogP contribution in [0.25, 0.3) is 0 Å². The van der Waals surface area contributed by atoms with Crippen molar-refractivity contribution in [1.29, 1.82) is 0 Å². The molecule has 0 aliphatic heterocycles. The zero-order valence-corrected chi connectivity index (χ0v) is 10.5. The fourth-order valence-corrected chi connectivity index (χ4v) is 1.76. The normalized spacial score (nSPS) is 15.1. The van der Waals surface area contributed by atoms with Crippen LogP contribution in [0.5, 0.6) is 0 Å². The second kappa shape index (κ2) is 4.80. The minimum atomic E-state index is -0.231. The summed E-state index contributed by atoms with van der Waals surface area (Å²) in [6.45, 7) is 10.4. The van der Waals surface area contributed by atoms with E-state index in [0.717, 1.165) is 6.42 Å². The first-order valence-corrected chi connectivity index (χ1v) is 5.66. The van der Waals surface area contributed by atoms with E-state index in [1.807, 2.05) is 6.92 Å². The van der Waals surface area contributed by atoms with Gasteiger partial charge in [0.1, 0.15) is 0 Å². The lowest BCUT2D eigenvalue weighted by Crippen LogP contribution is -2.16. The fraction of sp³-hybridized carbons (Fsp3) is 0.571. The van der Waals surface area contributed by atoms with Crippen LogP contribution in [-0.4, -0.2) is 11.2 Å². The summed E-state index contributed by atoms with van der Waals surface area (Å²) in [7, 11) is 0. The fourth-order valence-electron chi connectivity index (χ4n) is 1.76. The molecular weight excluding hydrogens is 184 g/mol. The second-order valence-corrected chi connectivity index (χ2v) is 4.78. The molecule has 0 fully saturated rings. The van der Waals surface area contributed by atoms with E-state index in [9.17, 15) is 5.11 Å². The number of benzene rings is 1. The lowest BCUT2D eigenvalue weighted by molar-refractivity contribution is 0.135. The molecular formula is C14H22O. The molecule has 0 saturated carbocycles. The van der Waals surface area contributed by atoms with E-state index in [-0.39, 0.29) is 6.10 Å². The zero-order chi connectivity index (χ0) is 11.6. The Morgan fingerprint density at radius 1 is 1.00 bits per heavy atom. The Hall–Kier alpha value is -0.820. The molecule has 0 aliphatic rings. The van der Waals surface area contributed by atoms with E-state index in [0.29, 0.717) is 5.92 Å². The Balaban J connectivity index is 2.91. The molecule has 0 spiro atoms. The summed E-state index contributed by atoms with van der Waals surface area (Å²) in [5.41, 5.74) is 5.39. The topological polar surface area (TPSA) is 20.2 Å². The highest BCUT2D eigenvalue weighted by Gasteiger charge is 2.11. The highest BCUT2D eigenvalue weighted by Crippen LogP contribution is 2.19. The third kappa shape index (κ3) is 3.07. The van der Waals surface area contributed by atoms with Gasteiger partial charge in [-0.3, -0.25) is 0 Å². The number of aliphatic hydroxyl groups is 1. The molecule has 0 aromatic heterocycles. The molecule has 1 rings (SSSR count). The Labute approximate surface area is 93.1 Å². The van der Waals surface area contributed by atoms with Crippen LogP contribution in [0.1, 0.15) is 36.1 Å². The van der Waals surface area contributed by atoms with Gasteiger partial charge >= 0.3 is 0 Å². The molecule has 0 radical (unpaired) electrons. The molecule has 0 amide bonds. The van der Waals surface area contributed by atoms with Crippen LogP contribution in [0.3, 0.4) is 0 Å². The smallest absolute Gasteiger partial charge is 0.0540 e. The summed E-state index contributed by atoms with van der Waals surface area (Å²) in [6, 6.07) is 4.49. The molecule has 0 saturated heterocycles. The van der Waals surface area contributed by atoms with Crippen molar-refractivity contribution in [2.75, 3.05) is 0 Å². The van der Waals surface area contributed by atoms with Gasteiger partial charge in [0.2, 0.25) is 0 Å². The third-order valence-electron chi connectivity index (χ3n) is 3.32. The van der Waals surface area contributed by atoms with Crippen LogP contribution in [0.2, 0.25) is 0 Å². The SMILES string of the molecule is Cc1cc(C)c(CC(C)C(C)O)cc1C. The maximum atomic E-state index is 9.50. The van der Waals surface area contributed by atoms with Crippen molar-refractivity contribution >= 4 is 0 Å². The molecule has 84 valence electrons. The predicted molar refractivity (Wildman–Crippen MR) is 65.2 cm³/mol. The molecule has 1 aromatic carbocycles. The minimum absolute atomic E-state index is 0.231. The van der Waals surface area contributed by atoms with Crippen molar-refractivity contribution in [3.8, 4) is 0 Å². The lowest BCUT2D eigenvalue weighted by atomic mass is 9.91. The van der Waals surface area contributed by atoms with Gasteiger partial charge in [-0.25, -0.2) is 0 Å². The number of aryl methyl sites for hydroxylation is 3. The highest BCUT2D eigenvalue weighted by atomic mass is 16.3. The average molecular weight is 206 g/mol. The molecule has 0 bridgehead atoms. The van der Waals surface area contributed by atoms with Crippen LogP contribution in [0.15, 0.2) is 12.1 Å². The third-order valence-corrected chi connectivity index (χ3v) is 3.32. The molecule has 1 N–H and O–H groups in total. The summed E-state index contributed by atoms with van der Waals surface area (Å²) in [6.07, 6.45) is 0.732. The quantitative estimate of drug-likeness (QED) is 0.805. The number of rotatable bonds is 3. The van der Waals surface area contributed by atoms with Gasteiger partial charge in [-0.1, -0.05) is 19.1 Å². The Morgan fingerprint density at radius 3 is 2.07 bits per heavy atom. The summed E-state index contributed by atoms with van der Waals surface area (Å²) in [5, 5.41) is 9.50. The summed E-state index contributed by atoms with van der Waals surface area (Å²) >= 11 is 0. The number of hydrogen-bond donors (Lipinski definition) is 1. The van der Waals surface area contributed by atoms with E-state index < -0.39 is 0 Å². The second-order valence-electron chi connectivity index (χ2n) is 4.78. The summed E-state index contributed by atoms with van der Waals surface area (Å²) in [5.74, 6) is 0.325. The standard InChI is InChI=1S/C14H22O/c1-9-6-12(4)14(7-10(9)2)8-11(3)13(5)15/h6-7,11,13,15H,8H2,1-5H3. The maximum absolute atomic E-state index is 9.50. The van der Waals surface area contributed by atoms with Crippen molar-refractivity contribution in [2.24, 2.45) is 5.92 Å². The van der Waals surface area contributed by atoms with Crippen LogP contribution in [0, 0.1) is 26.7 Å². The first-order chi connectivity index (χ1) is 6.91. The Kier molecular flexibility index (Phi) is 3.92. The van der Waals surface area contributed by atoms with Crippen LogP contribution >= 0.6 is 0 Å². The Morgan fingerprint density at radius 2 is 1.53 bits per heavy atom. The van der Waals surface area contributed by atoms with Crippen molar-refractivity contribution in [2.45, 2.75) is 47.1 Å². The summed E-state index contributed by atoms with van der Waals surface area (Å²) in [4.78, 5) is 0. The van der Waals surface area contributed by atoms with Crippen molar-refractivity contribution in [1.82, 2.24) is 0 Å². The van der Waals surface area contributed by atoms with Crippen LogP contribution < -0.4 is 0 Å². The van der Waals surface area contributed by atoms with Gasteiger partial charge in [-0.05, 0) is 62.3 Å². The molecule has 2 unspecified atom stereocenters. The van der Waals surface area contributed by atoms with Crippen molar-refractivity contribution in [3.63, 3.8) is 0 Å². The largest absolute Gasteiger partial charge is 0.393 e. The average Bonchev–Trinajstić information content (AvgIpc) is 2.13. The van der Waals surface area contributed by atoms with Gasteiger partial charge in [0.15, 0.2) is 0 Å². The maximum Gasteiger partial charge on any atom is 0.0540 e. The molecule has 1 aromatic rings. The van der Waals surface area contributed by atoms with Gasteiger partial charge in [-0.15, -0.1) is 0 Å². The number of hydrogen-bond acceptors (Lipinski definition) is 1. The highest BCUT2D eigenvalue weighted by molar-refractivity contribution is 5.36. The molecule has 1 nitrogen and oxygen atoms in total. The molecule has 0 aliphatic carbocycles. The van der Waals surface area contributed by atoms with Gasteiger partial charge in [0.05, 0.1) is 6.10 Å². The first-order valence-electron chi connectivity index (χ1n) is 5.66. The van der Waals surface area contributed by atoms with Crippen molar-refractivity contribution < 1.29 is 5.11 Å². The van der Waals surface area contributed by atoms with Gasteiger partial charge < -0.3 is 5.11 Å². The molecule has 15 heavy (non-hydrogen) atoms. The van der Waals surface area contributed by atoms with Crippen LogP contribution in [-0.2, 0) is 6.42 Å². The predicted octanol–water partition coefficient (Wildman–Crippen LogP) is 3.17. The monoisotopic (exact) mass is 206 g/mol. The molecule has 0 heterocycles. The lowest BCUT2D eigenvalue weighted by Gasteiger charge is -2.17. The Bertz CT molecular complexity index is 339. The van der Waals surface area contributed by atoms with Gasteiger partial charge in [0, 0.05) is 0 Å². The van der Waals surface area contributed by atoms with E-state index in [1.165, 1.54) is 22.3 Å². The van der Waals surface area contributed by atoms with Gasteiger partial charge in [0.25, 0.3) is 0 Å². The zero-order valence-electron chi connectivity index (χ0n) is 10.5. The van der Waals surface area contributed by atoms with E-state index in [4.69, 9.17) is 0 Å². The van der Waals surface area contributed by atoms with E-state index in [1.54, 1.807) is 0 Å². The van der Waals surface area contributed by atoms with Gasteiger partial charge in [-0.2, -0.15) is 0 Å². The first kappa shape index (κ1) is 12.3. The minimum Gasteiger partial charge on any atom is -0.393 e. The van der Waals surface area contributed by atoms with Crippen LogP contribution in [0.4, 0.5) is 0 Å². The number of aliphatic hydroxyl groups excluding tert-OH is 1. The summed E-state index contributed by atoms with van der Waals surface area (Å²) < 4.78 is 0. The van der Waals surface area contributed by atoms with E-state index >= 15 is 0 Å². The molecule has 1 heteroatoms. The van der Waals surface area contributed by atoms with Crippen molar-refractivity contribution in [3.05, 3.63) is 34.4 Å².